The minimum Gasteiger partial charge on any atom is -0.279 e. The van der Waals surface area contributed by atoms with Crippen molar-refractivity contribution in [3.8, 4) is 16.5 Å². The summed E-state index contributed by atoms with van der Waals surface area (Å²) in [5.74, 6) is 0. The highest BCUT2D eigenvalue weighted by Gasteiger charge is 2.16. The fourth-order valence-corrected chi connectivity index (χ4v) is 4.38. The highest BCUT2D eigenvalue weighted by Crippen LogP contribution is 2.32. The lowest BCUT2D eigenvalue weighted by Crippen LogP contribution is -2.13. The number of thiophene rings is 1. The number of nitriles is 1. The van der Waals surface area contributed by atoms with Crippen LogP contribution in [0.3, 0.4) is 0 Å². The summed E-state index contributed by atoms with van der Waals surface area (Å²) in [5, 5.41) is 11.0. The molecule has 0 atom stereocenters. The van der Waals surface area contributed by atoms with Crippen LogP contribution in [0, 0.1) is 25.2 Å². The molecule has 2 aromatic carbocycles. The first-order valence-electron chi connectivity index (χ1n) is 7.59. The van der Waals surface area contributed by atoms with Gasteiger partial charge < -0.3 is 0 Å². The first-order valence-corrected chi connectivity index (χ1v) is 9.95. The molecule has 0 radical (unpaired) electrons. The van der Waals surface area contributed by atoms with Gasteiger partial charge in [0, 0.05) is 0 Å². The third-order valence-corrected chi connectivity index (χ3v) is 6.21. The van der Waals surface area contributed by atoms with Gasteiger partial charge in [-0.2, -0.15) is 5.26 Å². The van der Waals surface area contributed by atoms with Crippen LogP contribution < -0.4 is 4.72 Å². The summed E-state index contributed by atoms with van der Waals surface area (Å²) >= 11 is 1.46. The Kier molecular flexibility index (Phi) is 4.62. The van der Waals surface area contributed by atoms with Crippen LogP contribution in [0.1, 0.15) is 16.7 Å². The largest absolute Gasteiger partial charge is 0.279 e. The Morgan fingerprint density at radius 3 is 2.44 bits per heavy atom. The Bertz CT molecular complexity index is 1060. The SMILES string of the molecule is Cc1ccc(S(=O)(=O)Nc2cc(-c3sccc3C#N)ccc2C)cc1. The Balaban J connectivity index is 1.99. The molecule has 4 nitrogen and oxygen atoms in total. The second-order valence-electron chi connectivity index (χ2n) is 5.72. The van der Waals surface area contributed by atoms with Crippen LogP contribution in [0.2, 0.25) is 0 Å². The summed E-state index contributed by atoms with van der Waals surface area (Å²) in [5.41, 5.74) is 3.73. The van der Waals surface area contributed by atoms with Crippen LogP contribution >= 0.6 is 11.3 Å². The Labute approximate surface area is 151 Å². The van der Waals surface area contributed by atoms with Crippen LogP contribution in [0.15, 0.2) is 58.8 Å². The van der Waals surface area contributed by atoms with Crippen LogP contribution in [-0.2, 0) is 10.0 Å². The van der Waals surface area contributed by atoms with Crippen molar-refractivity contribution >= 4 is 27.0 Å². The zero-order valence-electron chi connectivity index (χ0n) is 13.8. The number of nitrogens with one attached hydrogen (secondary N) is 1. The molecule has 0 saturated carbocycles. The maximum Gasteiger partial charge on any atom is 0.261 e. The smallest absolute Gasteiger partial charge is 0.261 e. The van der Waals surface area contributed by atoms with E-state index in [-0.39, 0.29) is 4.90 Å². The van der Waals surface area contributed by atoms with E-state index in [0.29, 0.717) is 11.3 Å². The van der Waals surface area contributed by atoms with Gasteiger partial charge >= 0.3 is 0 Å². The van der Waals surface area contributed by atoms with Gasteiger partial charge in [-0.25, -0.2) is 8.42 Å². The molecule has 1 heterocycles. The van der Waals surface area contributed by atoms with E-state index in [9.17, 15) is 13.7 Å². The summed E-state index contributed by atoms with van der Waals surface area (Å²) < 4.78 is 27.9. The third-order valence-electron chi connectivity index (χ3n) is 3.86. The summed E-state index contributed by atoms with van der Waals surface area (Å²) in [7, 11) is -3.67. The first kappa shape index (κ1) is 17.2. The molecule has 0 spiro atoms. The standard InChI is InChI=1S/C19H16N2O2S2/c1-13-3-7-17(8-4-13)25(22,23)21-18-11-15(6-5-14(18)2)19-16(12-20)9-10-24-19/h3-11,21H,1-2H3. The van der Waals surface area contributed by atoms with Crippen molar-refractivity contribution in [3.05, 3.63) is 70.6 Å². The van der Waals surface area contributed by atoms with Gasteiger partial charge in [-0.05, 0) is 54.6 Å². The first-order chi connectivity index (χ1) is 11.9. The fraction of sp³-hybridized carbons (Fsp3) is 0.105. The lowest BCUT2D eigenvalue weighted by atomic mass is 10.1. The predicted octanol–water partition coefficient (Wildman–Crippen LogP) is 4.70. The van der Waals surface area contributed by atoms with E-state index in [2.05, 4.69) is 10.8 Å². The number of benzene rings is 2. The molecule has 6 heteroatoms. The zero-order valence-corrected chi connectivity index (χ0v) is 15.4. The highest BCUT2D eigenvalue weighted by molar-refractivity contribution is 7.92. The molecular formula is C19H16N2O2S2. The van der Waals surface area contributed by atoms with E-state index in [4.69, 9.17) is 0 Å². The van der Waals surface area contributed by atoms with Crippen molar-refractivity contribution in [2.75, 3.05) is 4.72 Å². The van der Waals surface area contributed by atoms with Crippen molar-refractivity contribution in [3.63, 3.8) is 0 Å². The average molecular weight is 368 g/mol. The van der Waals surface area contributed by atoms with Gasteiger partial charge in [0.1, 0.15) is 6.07 Å². The van der Waals surface area contributed by atoms with Gasteiger partial charge in [0.25, 0.3) is 10.0 Å². The average Bonchev–Trinajstić information content (AvgIpc) is 3.06. The number of sulfonamides is 1. The fourth-order valence-electron chi connectivity index (χ4n) is 2.42. The van der Waals surface area contributed by atoms with Gasteiger partial charge in [0.15, 0.2) is 0 Å². The molecule has 0 aliphatic rings. The minimum atomic E-state index is -3.67. The molecule has 0 bridgehead atoms. The third kappa shape index (κ3) is 3.58. The predicted molar refractivity (Wildman–Crippen MR) is 101 cm³/mol. The monoisotopic (exact) mass is 368 g/mol. The molecule has 0 amide bonds. The summed E-state index contributed by atoms with van der Waals surface area (Å²) in [4.78, 5) is 1.05. The van der Waals surface area contributed by atoms with E-state index >= 15 is 0 Å². The van der Waals surface area contributed by atoms with Crippen LogP contribution in [0.5, 0.6) is 0 Å². The molecule has 3 aromatic rings. The second kappa shape index (κ2) is 6.71. The molecule has 3 rings (SSSR count). The number of anilines is 1. The molecule has 126 valence electrons. The summed E-state index contributed by atoms with van der Waals surface area (Å²) in [6, 6.07) is 16.1. The van der Waals surface area contributed by atoms with E-state index in [1.54, 1.807) is 36.4 Å². The highest BCUT2D eigenvalue weighted by atomic mass is 32.2. The molecule has 1 N–H and O–H groups in total. The van der Waals surface area contributed by atoms with Crippen LogP contribution in [0.25, 0.3) is 10.4 Å². The van der Waals surface area contributed by atoms with Gasteiger partial charge in [0.05, 0.1) is 21.0 Å². The van der Waals surface area contributed by atoms with Crippen molar-refractivity contribution in [2.45, 2.75) is 18.7 Å². The van der Waals surface area contributed by atoms with Crippen molar-refractivity contribution in [1.82, 2.24) is 0 Å². The van der Waals surface area contributed by atoms with Gasteiger partial charge in [-0.1, -0.05) is 29.8 Å². The lowest BCUT2D eigenvalue weighted by molar-refractivity contribution is 0.601. The molecule has 0 fully saturated rings. The molecule has 1 aromatic heterocycles. The molecule has 0 unspecified atom stereocenters. The Morgan fingerprint density at radius 2 is 1.76 bits per heavy atom. The van der Waals surface area contributed by atoms with Crippen LogP contribution in [-0.4, -0.2) is 8.42 Å². The van der Waals surface area contributed by atoms with Gasteiger partial charge in [-0.15, -0.1) is 11.3 Å². The van der Waals surface area contributed by atoms with Crippen molar-refractivity contribution in [1.29, 1.82) is 5.26 Å². The Hall–Kier alpha value is -2.62. The quantitative estimate of drug-likeness (QED) is 0.725. The Morgan fingerprint density at radius 1 is 1.04 bits per heavy atom. The number of hydrogen-bond acceptors (Lipinski definition) is 4. The van der Waals surface area contributed by atoms with E-state index in [1.165, 1.54) is 11.3 Å². The maximum absolute atomic E-state index is 12.6. The van der Waals surface area contributed by atoms with Crippen LogP contribution in [0.4, 0.5) is 5.69 Å². The van der Waals surface area contributed by atoms with Gasteiger partial charge in [-0.3, -0.25) is 4.72 Å². The molecule has 0 aliphatic heterocycles. The normalized spacial score (nSPS) is 11.1. The summed E-state index contributed by atoms with van der Waals surface area (Å²) in [6.07, 6.45) is 0. The number of aryl methyl sites for hydroxylation is 2. The minimum absolute atomic E-state index is 0.219. The number of hydrogen-bond donors (Lipinski definition) is 1. The topological polar surface area (TPSA) is 70.0 Å². The molecule has 0 saturated heterocycles. The molecular weight excluding hydrogens is 352 g/mol. The lowest BCUT2D eigenvalue weighted by Gasteiger charge is -2.12. The van der Waals surface area contributed by atoms with E-state index < -0.39 is 10.0 Å². The number of nitrogens with zero attached hydrogens (tertiary/aromatic N) is 1. The van der Waals surface area contributed by atoms with E-state index in [0.717, 1.165) is 21.6 Å². The molecule has 0 aliphatic carbocycles. The molecule has 25 heavy (non-hydrogen) atoms. The van der Waals surface area contributed by atoms with Gasteiger partial charge in [0.2, 0.25) is 0 Å². The van der Waals surface area contributed by atoms with Crippen molar-refractivity contribution in [2.24, 2.45) is 0 Å². The van der Waals surface area contributed by atoms with E-state index in [1.807, 2.05) is 31.4 Å². The summed E-state index contributed by atoms with van der Waals surface area (Å²) in [6.45, 7) is 3.75. The second-order valence-corrected chi connectivity index (χ2v) is 8.32. The maximum atomic E-state index is 12.6. The zero-order chi connectivity index (χ0) is 18.0. The van der Waals surface area contributed by atoms with Crippen molar-refractivity contribution < 1.29 is 8.42 Å². The number of rotatable bonds is 4.